The Bertz CT molecular complexity index is 1880. The molecule has 13 heteroatoms. The number of anilines is 2. The smallest absolute Gasteiger partial charge is 0.338 e. The molecule has 0 saturated carbocycles. The zero-order valence-corrected chi connectivity index (χ0v) is 24.6. The lowest BCUT2D eigenvalue weighted by molar-refractivity contribution is -0.121. The van der Waals surface area contributed by atoms with Crippen LogP contribution in [0, 0.1) is 22.7 Å². The van der Waals surface area contributed by atoms with Crippen LogP contribution in [0.5, 0.6) is 5.75 Å². The van der Waals surface area contributed by atoms with Gasteiger partial charge in [-0.15, -0.1) is 0 Å². The van der Waals surface area contributed by atoms with Gasteiger partial charge in [-0.1, -0.05) is 23.9 Å². The third-order valence-electron chi connectivity index (χ3n) is 6.67. The number of benzene rings is 2. The second-order valence-corrected chi connectivity index (χ2v) is 11.3. The highest BCUT2D eigenvalue weighted by atomic mass is 32.2. The van der Waals surface area contributed by atoms with E-state index >= 15 is 0 Å². The number of aromatic nitrogens is 1. The number of esters is 1. The first-order chi connectivity index (χ1) is 21.2. The molecule has 1 aliphatic heterocycles. The summed E-state index contributed by atoms with van der Waals surface area (Å²) in [6.45, 7) is -0.484. The summed E-state index contributed by atoms with van der Waals surface area (Å²) in [5.74, 6) is -1.77. The van der Waals surface area contributed by atoms with Crippen LogP contribution in [-0.2, 0) is 14.3 Å². The zero-order valence-electron chi connectivity index (χ0n) is 23.0. The monoisotopic (exact) mass is 623 g/mol. The topological polar surface area (TPSA) is 176 Å². The van der Waals surface area contributed by atoms with Gasteiger partial charge in [-0.2, -0.15) is 21.9 Å². The van der Waals surface area contributed by atoms with Crippen molar-refractivity contribution in [2.24, 2.45) is 0 Å². The normalized spacial score (nSPS) is 14.2. The lowest BCUT2D eigenvalue weighted by Crippen LogP contribution is -2.31. The van der Waals surface area contributed by atoms with Gasteiger partial charge < -0.3 is 15.2 Å². The molecule has 1 saturated heterocycles. The molecular weight excluding hydrogens is 603 g/mol. The molecule has 3 heterocycles. The number of rotatable bonds is 9. The second-order valence-electron chi connectivity index (χ2n) is 9.32. The molecule has 2 aromatic carbocycles. The molecule has 5 rings (SSSR count). The molecule has 44 heavy (non-hydrogen) atoms. The van der Waals surface area contributed by atoms with Gasteiger partial charge in [0.1, 0.15) is 34.3 Å². The molecule has 0 radical (unpaired) electrons. The van der Waals surface area contributed by atoms with E-state index in [4.69, 9.17) is 15.2 Å². The lowest BCUT2D eigenvalue weighted by Gasteiger charge is -2.16. The van der Waals surface area contributed by atoms with Gasteiger partial charge in [-0.25, -0.2) is 14.7 Å². The number of thiophene rings is 1. The highest BCUT2D eigenvalue weighted by Crippen LogP contribution is 2.40. The molecule has 1 unspecified atom stereocenters. The summed E-state index contributed by atoms with van der Waals surface area (Å²) in [6, 6.07) is 17.9. The Morgan fingerprint density at radius 2 is 1.84 bits per heavy atom. The Hall–Kier alpha value is -5.50. The molecule has 2 N–H and O–H groups in total. The number of methoxy groups -OCH3 is 1. The molecule has 2 aromatic heterocycles. The van der Waals surface area contributed by atoms with E-state index < -0.39 is 35.4 Å². The van der Waals surface area contributed by atoms with Crippen molar-refractivity contribution in [3.05, 3.63) is 87.6 Å². The van der Waals surface area contributed by atoms with Crippen LogP contribution in [-0.4, -0.2) is 47.5 Å². The minimum absolute atomic E-state index is 0.0584. The van der Waals surface area contributed by atoms with Gasteiger partial charge >= 0.3 is 5.97 Å². The van der Waals surface area contributed by atoms with E-state index in [-0.39, 0.29) is 39.6 Å². The summed E-state index contributed by atoms with van der Waals surface area (Å²) in [7, 11) is 1.48. The molecule has 0 spiro atoms. The van der Waals surface area contributed by atoms with Crippen molar-refractivity contribution in [2.75, 3.05) is 24.4 Å². The van der Waals surface area contributed by atoms with E-state index in [1.807, 2.05) is 6.07 Å². The Balaban J connectivity index is 1.29. The zero-order chi connectivity index (χ0) is 31.4. The molecule has 0 bridgehead atoms. The number of carbonyl (C=O) groups excluding carboxylic acids is 4. The van der Waals surface area contributed by atoms with Gasteiger partial charge in [0, 0.05) is 17.5 Å². The van der Waals surface area contributed by atoms with Crippen LogP contribution < -0.4 is 15.4 Å². The summed E-state index contributed by atoms with van der Waals surface area (Å²) in [5.41, 5.74) is 7.84. The average molecular weight is 624 g/mol. The number of Topliss-reactive ketones (excluding diaryl/α,β-unsaturated/α-hetero) is 1. The first-order valence-corrected chi connectivity index (χ1v) is 14.7. The highest BCUT2D eigenvalue weighted by Gasteiger charge is 2.41. The van der Waals surface area contributed by atoms with Crippen molar-refractivity contribution in [3.8, 4) is 29.0 Å². The Morgan fingerprint density at radius 1 is 1.09 bits per heavy atom. The van der Waals surface area contributed by atoms with E-state index in [1.165, 1.54) is 48.8 Å². The number of hydrogen-bond acceptors (Lipinski definition) is 12. The van der Waals surface area contributed by atoms with Crippen LogP contribution >= 0.6 is 23.1 Å². The number of nitrogens with two attached hydrogens (primary N) is 1. The first kappa shape index (κ1) is 30.0. The molecule has 0 aliphatic carbocycles. The van der Waals surface area contributed by atoms with Crippen molar-refractivity contribution >= 4 is 58.2 Å². The molecule has 1 aliphatic rings. The van der Waals surface area contributed by atoms with Crippen LogP contribution in [0.4, 0.5) is 11.5 Å². The maximum absolute atomic E-state index is 13.4. The van der Waals surface area contributed by atoms with E-state index in [2.05, 4.69) is 11.1 Å². The quantitative estimate of drug-likeness (QED) is 0.156. The van der Waals surface area contributed by atoms with Crippen molar-refractivity contribution < 1.29 is 28.7 Å². The predicted octanol–water partition coefficient (Wildman–Crippen LogP) is 4.61. The van der Waals surface area contributed by atoms with E-state index in [0.717, 1.165) is 16.7 Å². The van der Waals surface area contributed by atoms with E-state index in [9.17, 15) is 29.7 Å². The van der Waals surface area contributed by atoms with Gasteiger partial charge in [0.05, 0.1) is 29.2 Å². The third-order valence-corrected chi connectivity index (χ3v) is 8.53. The number of imide groups is 1. The van der Waals surface area contributed by atoms with Gasteiger partial charge in [0.25, 0.3) is 0 Å². The Morgan fingerprint density at radius 3 is 2.50 bits per heavy atom. The lowest BCUT2D eigenvalue weighted by atomic mass is 9.99. The molecular formula is C31H21N5O6S2. The number of ether oxygens (including phenoxy) is 2. The maximum Gasteiger partial charge on any atom is 0.338 e. The number of nitrogen functional groups attached to an aromatic ring is 1. The number of nitriles is 2. The molecule has 1 atom stereocenters. The van der Waals surface area contributed by atoms with Crippen molar-refractivity contribution in [1.82, 2.24) is 4.98 Å². The molecule has 11 nitrogen and oxygen atoms in total. The fourth-order valence-corrected chi connectivity index (χ4v) is 6.29. The molecule has 2 amide bonds. The maximum atomic E-state index is 13.4. The van der Waals surface area contributed by atoms with Crippen molar-refractivity contribution in [3.63, 3.8) is 0 Å². The predicted molar refractivity (Wildman–Crippen MR) is 162 cm³/mol. The highest BCUT2D eigenvalue weighted by molar-refractivity contribution is 8.00. The number of hydrogen-bond donors (Lipinski definition) is 1. The Labute approximate surface area is 259 Å². The van der Waals surface area contributed by atoms with Crippen LogP contribution in [0.2, 0.25) is 0 Å². The van der Waals surface area contributed by atoms with Crippen LogP contribution in [0.25, 0.3) is 11.1 Å². The summed E-state index contributed by atoms with van der Waals surface area (Å²) >= 11 is 2.31. The van der Waals surface area contributed by atoms with Crippen LogP contribution in [0.1, 0.15) is 38.3 Å². The summed E-state index contributed by atoms with van der Waals surface area (Å²) < 4.78 is 10.3. The molecule has 218 valence electrons. The largest absolute Gasteiger partial charge is 0.497 e. The number of thioether (sulfide) groups is 1. The second kappa shape index (κ2) is 12.8. The van der Waals surface area contributed by atoms with E-state index in [0.29, 0.717) is 22.4 Å². The van der Waals surface area contributed by atoms with Crippen molar-refractivity contribution in [2.45, 2.75) is 16.7 Å². The van der Waals surface area contributed by atoms with E-state index in [1.54, 1.807) is 35.0 Å². The van der Waals surface area contributed by atoms with Gasteiger partial charge in [-0.05, 0) is 58.8 Å². The van der Waals surface area contributed by atoms with Gasteiger partial charge in [-0.3, -0.25) is 14.4 Å². The number of nitrogens with zero attached hydrogens (tertiary/aromatic N) is 4. The third kappa shape index (κ3) is 5.87. The summed E-state index contributed by atoms with van der Waals surface area (Å²) in [4.78, 5) is 56.5. The van der Waals surface area contributed by atoms with Crippen LogP contribution in [0.15, 0.2) is 70.4 Å². The number of pyridine rings is 1. The minimum Gasteiger partial charge on any atom is -0.497 e. The number of carbonyl (C=O) groups is 4. The van der Waals surface area contributed by atoms with Gasteiger partial charge in [0.15, 0.2) is 12.4 Å². The molecule has 4 aromatic rings. The van der Waals surface area contributed by atoms with Crippen LogP contribution in [0.3, 0.4) is 0 Å². The first-order valence-electron chi connectivity index (χ1n) is 12.9. The van der Waals surface area contributed by atoms with Gasteiger partial charge in [0.2, 0.25) is 11.8 Å². The molecule has 1 fully saturated rings. The fourth-order valence-electron chi connectivity index (χ4n) is 4.52. The number of ketones is 1. The fraction of sp³-hybridized carbons (Fsp3) is 0.129. The SMILES string of the molecule is COc1cccc(C(=O)COC(=O)c2ccc(N3C(=O)CC(Sc4nc(N)c(C#N)c(-c5ccsc5)c4C#N)C3=O)cc2)c1. The standard InChI is InChI=1S/C31H21N5O6S2/c1-41-21-4-2-3-18(11-21)24(37)15-42-31(40)17-5-7-20(8-6-17)36-26(38)12-25(30(36)39)44-29-23(14-33)27(19-9-10-43-16-19)22(13-32)28(34)35-29/h2-11,16,25H,12,15H2,1H3,(H2,34,35). The summed E-state index contributed by atoms with van der Waals surface area (Å²) in [5, 5.41) is 22.4. The Kier molecular flexibility index (Phi) is 8.71. The van der Waals surface area contributed by atoms with Crippen molar-refractivity contribution in [1.29, 1.82) is 10.5 Å². The summed E-state index contributed by atoms with van der Waals surface area (Å²) in [6.07, 6.45) is -0.167. The number of amides is 2. The minimum atomic E-state index is -0.906. The average Bonchev–Trinajstić information content (AvgIpc) is 3.67.